The minimum atomic E-state index is -4.49. The van der Waals surface area contributed by atoms with E-state index >= 15 is 0 Å². The lowest BCUT2D eigenvalue weighted by molar-refractivity contribution is -0.137. The molecular formula is C22H23F3N4O3. The van der Waals surface area contributed by atoms with E-state index in [0.29, 0.717) is 29.5 Å². The third kappa shape index (κ3) is 4.84. The van der Waals surface area contributed by atoms with E-state index in [2.05, 4.69) is 15.4 Å². The smallest absolute Gasteiger partial charge is 0.417 e. The van der Waals surface area contributed by atoms with E-state index in [1.165, 1.54) is 24.1 Å². The highest BCUT2D eigenvalue weighted by molar-refractivity contribution is 6.05. The number of methoxy groups -OCH3 is 1. The zero-order chi connectivity index (χ0) is 23.5. The van der Waals surface area contributed by atoms with Gasteiger partial charge in [0, 0.05) is 18.0 Å². The molecule has 0 aliphatic carbocycles. The summed E-state index contributed by atoms with van der Waals surface area (Å²) in [7, 11) is 1.50. The number of anilines is 1. The molecule has 3 aromatic rings. The molecule has 0 unspecified atom stereocenters. The Hall–Kier alpha value is -3.56. The second kappa shape index (κ2) is 9.29. The number of halogens is 3. The van der Waals surface area contributed by atoms with Crippen LogP contribution in [0.1, 0.15) is 48.3 Å². The normalized spacial score (nSPS) is 11.5. The number of pyridine rings is 1. The number of ether oxygens (including phenoxy) is 2. The first-order valence-electron chi connectivity index (χ1n) is 9.89. The first-order valence-corrected chi connectivity index (χ1v) is 9.89. The van der Waals surface area contributed by atoms with Gasteiger partial charge in [-0.15, -0.1) is 0 Å². The number of amides is 1. The Morgan fingerprint density at radius 3 is 2.47 bits per heavy atom. The summed E-state index contributed by atoms with van der Waals surface area (Å²) in [5.74, 6) is 0.634. The number of hydrogen-bond acceptors (Lipinski definition) is 5. The minimum absolute atomic E-state index is 0.155. The molecule has 0 aliphatic rings. The molecule has 170 valence electrons. The lowest BCUT2D eigenvalue weighted by atomic mass is 10.1. The van der Waals surface area contributed by atoms with Crippen molar-refractivity contribution in [1.82, 2.24) is 14.8 Å². The summed E-state index contributed by atoms with van der Waals surface area (Å²) in [6.07, 6.45) is -2.37. The van der Waals surface area contributed by atoms with Crippen LogP contribution < -0.4 is 14.8 Å². The van der Waals surface area contributed by atoms with Gasteiger partial charge in [-0.2, -0.15) is 18.3 Å². The van der Waals surface area contributed by atoms with Crippen molar-refractivity contribution in [2.75, 3.05) is 19.0 Å². The van der Waals surface area contributed by atoms with E-state index in [1.54, 1.807) is 18.2 Å². The molecule has 0 bridgehead atoms. The van der Waals surface area contributed by atoms with Crippen LogP contribution in [-0.2, 0) is 6.18 Å². The fourth-order valence-corrected chi connectivity index (χ4v) is 3.17. The van der Waals surface area contributed by atoms with Gasteiger partial charge < -0.3 is 14.8 Å². The summed E-state index contributed by atoms with van der Waals surface area (Å²) < 4.78 is 50.7. The molecule has 0 spiro atoms. The number of carbonyl (C=O) groups excluding carboxylic acids is 1. The number of aromatic nitrogens is 3. The summed E-state index contributed by atoms with van der Waals surface area (Å²) in [6.45, 7) is 6.03. The maximum absolute atomic E-state index is 13.0. The molecule has 0 atom stereocenters. The van der Waals surface area contributed by atoms with E-state index in [1.807, 2.05) is 20.8 Å². The molecule has 3 rings (SSSR count). The molecule has 32 heavy (non-hydrogen) atoms. The standard InChI is InChI=1S/C22H23F3N4O3/c1-5-32-17-8-7-15(10-18(17)31-4)28-21(30)16-12-27-29(20(16)13(2)3)19-9-6-14(11-26-19)22(23,24)25/h6-13H,5H2,1-4H3,(H,28,30). The third-order valence-electron chi connectivity index (χ3n) is 4.61. The van der Waals surface area contributed by atoms with Crippen molar-refractivity contribution in [2.24, 2.45) is 0 Å². The van der Waals surface area contributed by atoms with Crippen LogP contribution in [0.5, 0.6) is 11.5 Å². The highest BCUT2D eigenvalue weighted by Crippen LogP contribution is 2.32. The quantitative estimate of drug-likeness (QED) is 0.546. The highest BCUT2D eigenvalue weighted by atomic mass is 19.4. The largest absolute Gasteiger partial charge is 0.493 e. The maximum Gasteiger partial charge on any atom is 0.417 e. The van der Waals surface area contributed by atoms with Gasteiger partial charge in [0.05, 0.1) is 36.7 Å². The Bertz CT molecular complexity index is 1090. The van der Waals surface area contributed by atoms with Crippen LogP contribution in [0, 0.1) is 0 Å². The summed E-state index contributed by atoms with van der Waals surface area (Å²) in [6, 6.07) is 7.17. The molecule has 2 aromatic heterocycles. The van der Waals surface area contributed by atoms with E-state index < -0.39 is 17.6 Å². The third-order valence-corrected chi connectivity index (χ3v) is 4.61. The number of carbonyl (C=O) groups is 1. The lowest BCUT2D eigenvalue weighted by Crippen LogP contribution is -2.16. The van der Waals surface area contributed by atoms with Crippen LogP contribution in [0.4, 0.5) is 18.9 Å². The van der Waals surface area contributed by atoms with Gasteiger partial charge in [-0.3, -0.25) is 4.79 Å². The first-order chi connectivity index (χ1) is 15.2. The van der Waals surface area contributed by atoms with E-state index in [0.717, 1.165) is 12.3 Å². The molecule has 0 radical (unpaired) electrons. The van der Waals surface area contributed by atoms with Crippen molar-refractivity contribution in [1.29, 1.82) is 0 Å². The molecule has 10 heteroatoms. The van der Waals surface area contributed by atoms with Crippen molar-refractivity contribution in [3.8, 4) is 17.3 Å². The first kappa shape index (κ1) is 23.1. The Morgan fingerprint density at radius 1 is 1.16 bits per heavy atom. The molecule has 0 saturated heterocycles. The van der Waals surface area contributed by atoms with Crippen molar-refractivity contribution in [2.45, 2.75) is 32.9 Å². The maximum atomic E-state index is 13.0. The predicted molar refractivity (Wildman–Crippen MR) is 113 cm³/mol. The molecule has 0 saturated carbocycles. The Labute approximate surface area is 183 Å². The second-order valence-corrected chi connectivity index (χ2v) is 7.17. The van der Waals surface area contributed by atoms with Crippen molar-refractivity contribution in [3.05, 3.63) is 59.5 Å². The summed E-state index contributed by atoms with van der Waals surface area (Å²) >= 11 is 0. The fourth-order valence-electron chi connectivity index (χ4n) is 3.17. The number of nitrogens with zero attached hydrogens (tertiary/aromatic N) is 3. The molecule has 0 fully saturated rings. The Morgan fingerprint density at radius 2 is 1.91 bits per heavy atom. The zero-order valence-corrected chi connectivity index (χ0v) is 18.0. The minimum Gasteiger partial charge on any atom is -0.493 e. The van der Waals surface area contributed by atoms with E-state index in [4.69, 9.17) is 9.47 Å². The van der Waals surface area contributed by atoms with Gasteiger partial charge >= 0.3 is 6.18 Å². The van der Waals surface area contributed by atoms with Crippen LogP contribution in [0.15, 0.2) is 42.7 Å². The van der Waals surface area contributed by atoms with Gasteiger partial charge in [0.25, 0.3) is 5.91 Å². The molecule has 2 heterocycles. The van der Waals surface area contributed by atoms with Crippen LogP contribution in [0.25, 0.3) is 5.82 Å². The number of alkyl halides is 3. The molecule has 7 nitrogen and oxygen atoms in total. The molecular weight excluding hydrogens is 425 g/mol. The van der Waals surface area contributed by atoms with Crippen molar-refractivity contribution in [3.63, 3.8) is 0 Å². The molecule has 1 N–H and O–H groups in total. The topological polar surface area (TPSA) is 78.3 Å². The number of nitrogens with one attached hydrogen (secondary N) is 1. The summed E-state index contributed by atoms with van der Waals surface area (Å²) in [5.41, 5.74) is 0.439. The SMILES string of the molecule is CCOc1ccc(NC(=O)c2cnn(-c3ccc(C(F)(F)F)cn3)c2C(C)C)cc1OC. The van der Waals surface area contributed by atoms with Crippen LogP contribution >= 0.6 is 0 Å². The van der Waals surface area contributed by atoms with Gasteiger partial charge in [0.1, 0.15) is 0 Å². The average molecular weight is 448 g/mol. The molecule has 0 aliphatic heterocycles. The van der Waals surface area contributed by atoms with E-state index in [-0.39, 0.29) is 17.3 Å². The molecule has 1 amide bonds. The Balaban J connectivity index is 1.90. The van der Waals surface area contributed by atoms with Crippen molar-refractivity contribution < 1.29 is 27.4 Å². The monoisotopic (exact) mass is 448 g/mol. The van der Waals surface area contributed by atoms with Crippen LogP contribution in [0.3, 0.4) is 0 Å². The number of benzene rings is 1. The van der Waals surface area contributed by atoms with Gasteiger partial charge in [0.15, 0.2) is 17.3 Å². The van der Waals surface area contributed by atoms with Gasteiger partial charge in [-0.05, 0) is 37.1 Å². The fraction of sp³-hybridized carbons (Fsp3) is 0.318. The second-order valence-electron chi connectivity index (χ2n) is 7.17. The molecule has 1 aromatic carbocycles. The Kier molecular flexibility index (Phi) is 6.71. The zero-order valence-electron chi connectivity index (χ0n) is 18.0. The van der Waals surface area contributed by atoms with Gasteiger partial charge in [-0.1, -0.05) is 13.8 Å². The average Bonchev–Trinajstić information content (AvgIpc) is 3.20. The number of hydrogen-bond donors (Lipinski definition) is 1. The van der Waals surface area contributed by atoms with Crippen LogP contribution in [-0.4, -0.2) is 34.4 Å². The lowest BCUT2D eigenvalue weighted by Gasteiger charge is -2.14. The predicted octanol–water partition coefficient (Wildman–Crippen LogP) is 5.07. The van der Waals surface area contributed by atoms with Gasteiger partial charge in [0.2, 0.25) is 0 Å². The number of rotatable bonds is 7. The van der Waals surface area contributed by atoms with Crippen molar-refractivity contribution >= 4 is 11.6 Å². The van der Waals surface area contributed by atoms with Gasteiger partial charge in [-0.25, -0.2) is 9.67 Å². The highest BCUT2D eigenvalue weighted by Gasteiger charge is 2.31. The van der Waals surface area contributed by atoms with Crippen LogP contribution in [0.2, 0.25) is 0 Å². The summed E-state index contributed by atoms with van der Waals surface area (Å²) in [5, 5.41) is 7.00. The summed E-state index contributed by atoms with van der Waals surface area (Å²) in [4.78, 5) is 16.9. The van der Waals surface area contributed by atoms with E-state index in [9.17, 15) is 18.0 Å².